The summed E-state index contributed by atoms with van der Waals surface area (Å²) in [7, 11) is 1.43. The third-order valence-corrected chi connectivity index (χ3v) is 7.93. The molecule has 1 aliphatic heterocycles. The number of aliphatic hydroxyl groups excluding tert-OH is 2. The van der Waals surface area contributed by atoms with E-state index in [9.17, 15) is 44.4 Å². The predicted octanol–water partition coefficient (Wildman–Crippen LogP) is -2.64. The predicted molar refractivity (Wildman–Crippen MR) is 163 cm³/mol. The minimum Gasteiger partial charge on any atom is -0.480 e. The number of rotatable bonds is 26. The van der Waals surface area contributed by atoms with Crippen molar-refractivity contribution >= 4 is 41.5 Å². The summed E-state index contributed by atoms with van der Waals surface area (Å²) >= 11 is 1.54. The van der Waals surface area contributed by atoms with Gasteiger partial charge in [-0.25, -0.2) is 0 Å². The van der Waals surface area contributed by atoms with Gasteiger partial charge >= 0.3 is 23.9 Å². The van der Waals surface area contributed by atoms with E-state index in [0.717, 1.165) is 4.90 Å². The van der Waals surface area contributed by atoms with E-state index >= 15 is 0 Å². The topological polar surface area (TPSA) is 256 Å². The molecule has 266 valence electrons. The Labute approximate surface area is 271 Å². The van der Waals surface area contributed by atoms with Crippen LogP contribution in [0.3, 0.4) is 0 Å². The Morgan fingerprint density at radius 3 is 1.76 bits per heavy atom. The molecule has 1 saturated heterocycles. The molecule has 7 N–H and O–H groups in total. The highest BCUT2D eigenvalue weighted by Gasteiger charge is 2.44. The minimum absolute atomic E-state index is 0.00544. The molecule has 1 amide bonds. The second-order valence-corrected chi connectivity index (χ2v) is 11.8. The Bertz CT molecular complexity index is 945. The largest absolute Gasteiger partial charge is 0.480 e. The highest BCUT2D eigenvalue weighted by atomic mass is 32.2. The summed E-state index contributed by atoms with van der Waals surface area (Å²) in [4.78, 5) is 61.1. The molecule has 1 aliphatic rings. The summed E-state index contributed by atoms with van der Waals surface area (Å²) in [5.41, 5.74) is 0. The van der Waals surface area contributed by atoms with Crippen LogP contribution >= 0.6 is 11.8 Å². The zero-order valence-corrected chi connectivity index (χ0v) is 27.0. The summed E-state index contributed by atoms with van der Waals surface area (Å²) in [6.07, 6.45) is -3.28. The first-order valence-electron chi connectivity index (χ1n) is 14.8. The van der Waals surface area contributed by atoms with E-state index in [2.05, 4.69) is 5.32 Å². The first-order valence-corrected chi connectivity index (χ1v) is 16.0. The number of carboxylic acid groups (broad SMARTS) is 4. The van der Waals surface area contributed by atoms with Crippen molar-refractivity contribution in [3.63, 3.8) is 0 Å². The molecule has 0 bridgehead atoms. The second kappa shape index (κ2) is 22.8. The Morgan fingerprint density at radius 1 is 0.761 bits per heavy atom. The molecule has 19 heteroatoms. The Morgan fingerprint density at radius 2 is 1.26 bits per heavy atom. The van der Waals surface area contributed by atoms with E-state index in [-0.39, 0.29) is 39.3 Å². The number of methoxy groups -OCH3 is 1. The number of nitrogens with zero attached hydrogens (tertiary/aromatic N) is 3. The van der Waals surface area contributed by atoms with Gasteiger partial charge in [0.1, 0.15) is 18.3 Å². The molecular weight excluding hydrogens is 636 g/mol. The van der Waals surface area contributed by atoms with Gasteiger partial charge in [0, 0.05) is 52.2 Å². The SMILES string of the molecule is CCC1O[C@H](OC)C(OCCCSCCNC(=O)CN(CCN(CCN(CC(=O)O)CC(=O)O)CC(=O)O)CC(=O)O)C(O)[C@@H]1O. The third kappa shape index (κ3) is 17.3. The number of thioether (sulfide) groups is 1. The number of hydrogen-bond acceptors (Lipinski definition) is 14. The lowest BCUT2D eigenvalue weighted by Gasteiger charge is -2.41. The van der Waals surface area contributed by atoms with Crippen LogP contribution in [0.5, 0.6) is 0 Å². The molecule has 0 aromatic rings. The van der Waals surface area contributed by atoms with Crippen molar-refractivity contribution in [3.05, 3.63) is 0 Å². The monoisotopic (exact) mass is 684 g/mol. The summed E-state index contributed by atoms with van der Waals surface area (Å²) in [6, 6.07) is 0. The quantitative estimate of drug-likeness (QED) is 0.0460. The van der Waals surface area contributed by atoms with Crippen molar-refractivity contribution in [2.24, 2.45) is 0 Å². The number of aliphatic hydroxyl groups is 2. The molecule has 0 spiro atoms. The standard InChI is InChI=1S/C27H48N4O14S/c1-3-18-24(41)25(42)26(27(43-2)45-18)44-10-4-11-46-12-5-28-19(32)13-30(15-21(35)36)8-6-29(14-20(33)34)7-9-31(16-22(37)38)17-23(39)40/h18,24-27,41-42H,3-17H2,1-2H3,(H,28,32)(H,33,34)(H,35,36)(H,37,38)(H,39,40)/t18?,24-,25?,26?,27+/m1/s1. The van der Waals surface area contributed by atoms with Crippen LogP contribution in [0.2, 0.25) is 0 Å². The second-order valence-electron chi connectivity index (χ2n) is 10.6. The fourth-order valence-electron chi connectivity index (χ4n) is 4.64. The van der Waals surface area contributed by atoms with Crippen LogP contribution in [0.15, 0.2) is 0 Å². The van der Waals surface area contributed by atoms with E-state index in [1.54, 1.807) is 11.8 Å². The van der Waals surface area contributed by atoms with Crippen molar-refractivity contribution in [2.45, 2.75) is 50.5 Å². The van der Waals surface area contributed by atoms with Gasteiger partial charge in [-0.05, 0) is 18.6 Å². The zero-order chi connectivity index (χ0) is 34.6. The number of ether oxygens (including phenoxy) is 3. The summed E-state index contributed by atoms with van der Waals surface area (Å²) in [5, 5.41) is 59.8. The molecule has 18 nitrogen and oxygen atoms in total. The Balaban J connectivity index is 2.44. The normalized spacial score (nSPS) is 21.5. The van der Waals surface area contributed by atoms with Crippen molar-refractivity contribution in [2.75, 3.05) is 90.7 Å². The van der Waals surface area contributed by atoms with Gasteiger partial charge in [-0.3, -0.25) is 38.7 Å². The lowest BCUT2D eigenvalue weighted by atomic mass is 9.97. The maximum absolute atomic E-state index is 12.5. The van der Waals surface area contributed by atoms with Gasteiger partial charge in [-0.2, -0.15) is 11.8 Å². The zero-order valence-electron chi connectivity index (χ0n) is 26.2. The number of carboxylic acids is 4. The van der Waals surface area contributed by atoms with E-state index in [4.69, 9.17) is 24.4 Å². The van der Waals surface area contributed by atoms with Crippen molar-refractivity contribution < 1.29 is 68.8 Å². The van der Waals surface area contributed by atoms with E-state index in [1.165, 1.54) is 16.9 Å². The van der Waals surface area contributed by atoms with Crippen LogP contribution in [0.4, 0.5) is 0 Å². The van der Waals surface area contributed by atoms with Gasteiger partial charge in [-0.1, -0.05) is 6.92 Å². The maximum Gasteiger partial charge on any atom is 0.317 e. The number of carbonyl (C=O) groups is 5. The lowest BCUT2D eigenvalue weighted by Crippen LogP contribution is -2.58. The number of hydrogen-bond donors (Lipinski definition) is 7. The minimum atomic E-state index is -1.24. The maximum atomic E-state index is 12.5. The number of aliphatic carboxylic acids is 4. The molecule has 0 aromatic carbocycles. The average Bonchev–Trinajstić information content (AvgIpc) is 2.96. The van der Waals surface area contributed by atoms with Crippen molar-refractivity contribution in [3.8, 4) is 0 Å². The van der Waals surface area contributed by atoms with Crippen LogP contribution in [0, 0.1) is 0 Å². The van der Waals surface area contributed by atoms with Crippen LogP contribution in [-0.2, 0) is 38.2 Å². The fourth-order valence-corrected chi connectivity index (χ4v) is 5.42. The molecule has 46 heavy (non-hydrogen) atoms. The summed E-state index contributed by atoms with van der Waals surface area (Å²) < 4.78 is 16.6. The molecule has 5 atom stereocenters. The van der Waals surface area contributed by atoms with Crippen molar-refractivity contribution in [1.29, 1.82) is 0 Å². The molecule has 1 fully saturated rings. The van der Waals surface area contributed by atoms with Crippen LogP contribution in [-0.4, -0.2) is 196 Å². The fraction of sp³-hybridized carbons (Fsp3) is 0.815. The van der Waals surface area contributed by atoms with E-state index < -0.39 is 86.7 Å². The number of nitrogens with one attached hydrogen (secondary N) is 1. The molecule has 0 saturated carbocycles. The lowest BCUT2D eigenvalue weighted by molar-refractivity contribution is -0.299. The molecule has 0 aromatic heterocycles. The Kier molecular flexibility index (Phi) is 20.5. The third-order valence-electron chi connectivity index (χ3n) is 6.86. The smallest absolute Gasteiger partial charge is 0.317 e. The number of carbonyl (C=O) groups excluding carboxylic acids is 1. The molecule has 0 aliphatic carbocycles. The van der Waals surface area contributed by atoms with Gasteiger partial charge in [0.15, 0.2) is 6.29 Å². The van der Waals surface area contributed by atoms with Crippen molar-refractivity contribution in [1.82, 2.24) is 20.0 Å². The van der Waals surface area contributed by atoms with Gasteiger partial charge in [0.25, 0.3) is 0 Å². The van der Waals surface area contributed by atoms with Gasteiger partial charge in [0.2, 0.25) is 5.91 Å². The van der Waals surface area contributed by atoms with Gasteiger partial charge in [-0.15, -0.1) is 0 Å². The molecule has 0 radical (unpaired) electrons. The van der Waals surface area contributed by atoms with Gasteiger partial charge < -0.3 is 50.2 Å². The molecule has 1 heterocycles. The highest BCUT2D eigenvalue weighted by molar-refractivity contribution is 7.99. The van der Waals surface area contributed by atoms with Crippen LogP contribution in [0.1, 0.15) is 19.8 Å². The average molecular weight is 685 g/mol. The highest BCUT2D eigenvalue weighted by Crippen LogP contribution is 2.25. The van der Waals surface area contributed by atoms with Crippen LogP contribution in [0.25, 0.3) is 0 Å². The summed E-state index contributed by atoms with van der Waals surface area (Å²) in [5.74, 6) is -4.03. The van der Waals surface area contributed by atoms with Crippen LogP contribution < -0.4 is 5.32 Å². The van der Waals surface area contributed by atoms with E-state index in [0.29, 0.717) is 30.9 Å². The first-order chi connectivity index (χ1) is 21.8. The molecule has 3 unspecified atom stereocenters. The first kappa shape index (κ1) is 41.4. The summed E-state index contributed by atoms with van der Waals surface area (Å²) in [6.45, 7) is 0.136. The molecule has 1 rings (SSSR count). The molecular formula is C27H48N4O14S. The van der Waals surface area contributed by atoms with E-state index in [1.807, 2.05) is 6.92 Å². The number of amides is 1. The Hall–Kier alpha value is -2.62. The van der Waals surface area contributed by atoms with Gasteiger partial charge in [0.05, 0.1) is 38.8 Å².